The number of nitrogens with one attached hydrogen (secondary N) is 1. The van der Waals surface area contributed by atoms with E-state index in [1.54, 1.807) is 30.3 Å². The first-order chi connectivity index (χ1) is 12.2. The third-order valence-electron chi connectivity index (χ3n) is 3.88. The molecular weight excluding hydrogens is 332 g/mol. The van der Waals surface area contributed by atoms with Crippen molar-refractivity contribution in [1.82, 2.24) is 9.55 Å². The van der Waals surface area contributed by atoms with Gasteiger partial charge in [-0.05, 0) is 36.4 Å². The van der Waals surface area contributed by atoms with Crippen molar-refractivity contribution >= 4 is 22.7 Å². The number of H-pyrrole nitrogens is 1. The standard InChI is InChI=1S/C20H14N2O2S/c23-19-15-10-4-5-11-16(15)21-20(24)22(19)17-12-6-7-13-18(17)25-14-8-2-1-3-9-14/h1-13H,(H,21,24). The molecule has 1 aromatic heterocycles. The van der Waals surface area contributed by atoms with Crippen LogP contribution in [0.4, 0.5) is 0 Å². The van der Waals surface area contributed by atoms with Gasteiger partial charge in [0.25, 0.3) is 5.56 Å². The fourth-order valence-corrected chi connectivity index (χ4v) is 3.68. The predicted molar refractivity (Wildman–Crippen MR) is 101 cm³/mol. The Morgan fingerprint density at radius 3 is 2.28 bits per heavy atom. The fourth-order valence-electron chi connectivity index (χ4n) is 2.72. The molecule has 0 atom stereocenters. The predicted octanol–water partition coefficient (Wildman–Crippen LogP) is 3.83. The molecule has 0 aliphatic heterocycles. The van der Waals surface area contributed by atoms with Crippen molar-refractivity contribution < 1.29 is 0 Å². The molecule has 3 aromatic carbocycles. The van der Waals surface area contributed by atoms with Crippen LogP contribution in [0.25, 0.3) is 16.6 Å². The van der Waals surface area contributed by atoms with Crippen molar-refractivity contribution in [2.24, 2.45) is 0 Å². The van der Waals surface area contributed by atoms with Crippen LogP contribution in [-0.2, 0) is 0 Å². The summed E-state index contributed by atoms with van der Waals surface area (Å²) in [5.41, 5.74) is 0.362. The van der Waals surface area contributed by atoms with E-state index in [0.29, 0.717) is 16.6 Å². The average molecular weight is 346 g/mol. The molecule has 4 aromatic rings. The van der Waals surface area contributed by atoms with E-state index in [1.807, 2.05) is 48.5 Å². The van der Waals surface area contributed by atoms with Crippen LogP contribution in [-0.4, -0.2) is 9.55 Å². The summed E-state index contributed by atoms with van der Waals surface area (Å²) in [5, 5.41) is 0.488. The number of hydrogen-bond acceptors (Lipinski definition) is 3. The van der Waals surface area contributed by atoms with Crippen LogP contribution in [0, 0.1) is 0 Å². The maximum atomic E-state index is 12.9. The Morgan fingerprint density at radius 2 is 1.44 bits per heavy atom. The number of rotatable bonds is 3. The Kier molecular flexibility index (Phi) is 3.99. The van der Waals surface area contributed by atoms with Gasteiger partial charge in [0.2, 0.25) is 0 Å². The lowest BCUT2D eigenvalue weighted by molar-refractivity contribution is 0.883. The molecule has 0 aliphatic rings. The summed E-state index contributed by atoms with van der Waals surface area (Å²) >= 11 is 1.52. The molecule has 0 amide bonds. The van der Waals surface area contributed by atoms with Crippen LogP contribution in [0.1, 0.15) is 0 Å². The third-order valence-corrected chi connectivity index (χ3v) is 4.96. The summed E-state index contributed by atoms with van der Waals surface area (Å²) in [6, 6.07) is 24.3. The number of fused-ring (bicyclic) bond motifs is 1. The van der Waals surface area contributed by atoms with Crippen molar-refractivity contribution in [3.05, 3.63) is 99.7 Å². The van der Waals surface area contributed by atoms with Crippen LogP contribution in [0.3, 0.4) is 0 Å². The Morgan fingerprint density at radius 1 is 0.760 bits per heavy atom. The van der Waals surface area contributed by atoms with Crippen LogP contribution < -0.4 is 11.2 Å². The zero-order chi connectivity index (χ0) is 17.2. The summed E-state index contributed by atoms with van der Waals surface area (Å²) in [6.07, 6.45) is 0. The number of para-hydroxylation sites is 2. The molecule has 0 unspecified atom stereocenters. The molecular formula is C20H14N2O2S. The molecule has 0 saturated heterocycles. The second-order valence-corrected chi connectivity index (χ2v) is 6.61. The van der Waals surface area contributed by atoms with Crippen molar-refractivity contribution in [3.8, 4) is 5.69 Å². The first kappa shape index (κ1) is 15.5. The minimum absolute atomic E-state index is 0.319. The highest BCUT2D eigenvalue weighted by atomic mass is 32.2. The number of hydrogen-bond donors (Lipinski definition) is 1. The van der Waals surface area contributed by atoms with Gasteiger partial charge in [-0.2, -0.15) is 0 Å². The molecule has 0 fully saturated rings. The molecule has 5 heteroatoms. The first-order valence-electron chi connectivity index (χ1n) is 7.80. The average Bonchev–Trinajstić information content (AvgIpc) is 2.64. The lowest BCUT2D eigenvalue weighted by Gasteiger charge is -2.11. The summed E-state index contributed by atoms with van der Waals surface area (Å²) < 4.78 is 1.20. The molecule has 122 valence electrons. The van der Waals surface area contributed by atoms with Gasteiger partial charge in [-0.1, -0.05) is 54.2 Å². The minimum Gasteiger partial charge on any atom is -0.306 e. The van der Waals surface area contributed by atoms with Gasteiger partial charge in [0, 0.05) is 9.79 Å². The lowest BCUT2D eigenvalue weighted by atomic mass is 10.2. The Labute approximate surface area is 147 Å². The van der Waals surface area contributed by atoms with Gasteiger partial charge in [0.1, 0.15) is 0 Å². The van der Waals surface area contributed by atoms with Gasteiger partial charge in [-0.25, -0.2) is 9.36 Å². The minimum atomic E-state index is -0.440. The van der Waals surface area contributed by atoms with Crippen molar-refractivity contribution in [2.75, 3.05) is 0 Å². The van der Waals surface area contributed by atoms with E-state index in [-0.39, 0.29) is 5.56 Å². The monoisotopic (exact) mass is 346 g/mol. The lowest BCUT2D eigenvalue weighted by Crippen LogP contribution is -2.33. The largest absolute Gasteiger partial charge is 0.333 e. The van der Waals surface area contributed by atoms with Gasteiger partial charge < -0.3 is 4.98 Å². The van der Waals surface area contributed by atoms with E-state index in [4.69, 9.17) is 0 Å². The van der Waals surface area contributed by atoms with Gasteiger partial charge >= 0.3 is 5.69 Å². The Bertz CT molecular complexity index is 1160. The molecule has 4 rings (SSSR count). The Balaban J connectivity index is 1.93. The highest BCUT2D eigenvalue weighted by molar-refractivity contribution is 7.99. The van der Waals surface area contributed by atoms with E-state index in [1.165, 1.54) is 16.3 Å². The number of nitrogens with zero attached hydrogens (tertiary/aromatic N) is 1. The number of aromatic amines is 1. The summed E-state index contributed by atoms with van der Waals surface area (Å²) in [5.74, 6) is 0. The van der Waals surface area contributed by atoms with Gasteiger partial charge in [0.15, 0.2) is 0 Å². The molecule has 25 heavy (non-hydrogen) atoms. The highest BCUT2D eigenvalue weighted by Gasteiger charge is 2.13. The van der Waals surface area contributed by atoms with E-state index in [9.17, 15) is 9.59 Å². The van der Waals surface area contributed by atoms with Crippen molar-refractivity contribution in [3.63, 3.8) is 0 Å². The number of benzene rings is 3. The van der Waals surface area contributed by atoms with Crippen molar-refractivity contribution in [1.29, 1.82) is 0 Å². The molecule has 0 radical (unpaired) electrons. The second kappa shape index (κ2) is 6.45. The van der Waals surface area contributed by atoms with Crippen LogP contribution in [0.2, 0.25) is 0 Å². The van der Waals surface area contributed by atoms with E-state index in [0.717, 1.165) is 9.79 Å². The summed E-state index contributed by atoms with van der Waals surface area (Å²) in [4.78, 5) is 30.1. The van der Waals surface area contributed by atoms with Crippen LogP contribution in [0.5, 0.6) is 0 Å². The topological polar surface area (TPSA) is 54.9 Å². The molecule has 0 saturated carbocycles. The zero-order valence-corrected chi connectivity index (χ0v) is 14.0. The molecule has 0 spiro atoms. The zero-order valence-electron chi connectivity index (χ0n) is 13.2. The molecule has 1 heterocycles. The van der Waals surface area contributed by atoms with Crippen LogP contribution in [0.15, 0.2) is 98.2 Å². The maximum absolute atomic E-state index is 12.9. The van der Waals surface area contributed by atoms with E-state index < -0.39 is 5.69 Å². The van der Waals surface area contributed by atoms with E-state index >= 15 is 0 Å². The molecule has 4 nitrogen and oxygen atoms in total. The highest BCUT2D eigenvalue weighted by Crippen LogP contribution is 2.31. The first-order valence-corrected chi connectivity index (χ1v) is 8.62. The van der Waals surface area contributed by atoms with Gasteiger partial charge in [0.05, 0.1) is 16.6 Å². The number of aromatic nitrogens is 2. The Hall–Kier alpha value is -3.05. The molecule has 0 bridgehead atoms. The molecule has 0 aliphatic carbocycles. The van der Waals surface area contributed by atoms with Crippen molar-refractivity contribution in [2.45, 2.75) is 9.79 Å². The third kappa shape index (κ3) is 2.90. The van der Waals surface area contributed by atoms with Gasteiger partial charge in [-0.3, -0.25) is 4.79 Å². The normalized spacial score (nSPS) is 10.9. The van der Waals surface area contributed by atoms with Crippen LogP contribution >= 0.6 is 11.8 Å². The van der Waals surface area contributed by atoms with E-state index in [2.05, 4.69) is 4.98 Å². The quantitative estimate of drug-likeness (QED) is 0.613. The van der Waals surface area contributed by atoms with Gasteiger partial charge in [-0.15, -0.1) is 0 Å². The SMILES string of the molecule is O=c1[nH]c2ccccc2c(=O)n1-c1ccccc1Sc1ccccc1. The summed E-state index contributed by atoms with van der Waals surface area (Å²) in [6.45, 7) is 0. The maximum Gasteiger partial charge on any atom is 0.333 e. The smallest absolute Gasteiger partial charge is 0.306 e. The second-order valence-electron chi connectivity index (χ2n) is 5.50. The molecule has 1 N–H and O–H groups in total. The summed E-state index contributed by atoms with van der Waals surface area (Å²) in [7, 11) is 0. The fraction of sp³-hybridized carbons (Fsp3) is 0.